The van der Waals surface area contributed by atoms with Crippen LogP contribution in [0, 0.1) is 0 Å². The van der Waals surface area contributed by atoms with Gasteiger partial charge in [0.15, 0.2) is 0 Å². The highest BCUT2D eigenvalue weighted by atomic mass is 16.6. The van der Waals surface area contributed by atoms with Gasteiger partial charge in [-0.25, -0.2) is 4.79 Å². The molecule has 0 spiro atoms. The number of piperazine rings is 1. The third-order valence-electron chi connectivity index (χ3n) is 5.47. The normalized spacial score (nSPS) is 20.6. The highest BCUT2D eigenvalue weighted by Gasteiger charge is 2.36. The molecule has 0 radical (unpaired) electrons. The summed E-state index contributed by atoms with van der Waals surface area (Å²) < 4.78 is 5.47. The Balaban J connectivity index is 1.61. The van der Waals surface area contributed by atoms with Gasteiger partial charge in [-0.3, -0.25) is 9.69 Å². The Bertz CT molecular complexity index is 723. The lowest BCUT2D eigenvalue weighted by molar-refractivity contribution is -0.125. The van der Waals surface area contributed by atoms with E-state index in [4.69, 9.17) is 4.74 Å². The van der Waals surface area contributed by atoms with Crippen molar-refractivity contribution in [3.05, 3.63) is 29.8 Å². The SMILES string of the molecule is CN1CCN(c2ccccc2CNC(=O)C2CCCN2C(=O)OC(C)(C)C)CC1. The molecule has 2 heterocycles. The zero-order chi connectivity index (χ0) is 21.0. The van der Waals surface area contributed by atoms with Crippen LogP contribution >= 0.6 is 0 Å². The second kappa shape index (κ2) is 9.03. The molecular weight excluding hydrogens is 368 g/mol. The number of benzene rings is 1. The van der Waals surface area contributed by atoms with Crippen LogP contribution in [0.15, 0.2) is 24.3 Å². The Morgan fingerprint density at radius 3 is 2.48 bits per heavy atom. The van der Waals surface area contributed by atoms with Crippen molar-refractivity contribution in [3.63, 3.8) is 0 Å². The molecule has 1 unspecified atom stereocenters. The number of nitrogens with one attached hydrogen (secondary N) is 1. The molecule has 1 atom stereocenters. The molecule has 2 aliphatic rings. The quantitative estimate of drug-likeness (QED) is 0.838. The van der Waals surface area contributed by atoms with Gasteiger partial charge in [0.25, 0.3) is 0 Å². The molecule has 0 bridgehead atoms. The monoisotopic (exact) mass is 402 g/mol. The first-order valence-electron chi connectivity index (χ1n) is 10.5. The van der Waals surface area contributed by atoms with Crippen LogP contribution in [0.1, 0.15) is 39.2 Å². The minimum atomic E-state index is -0.567. The van der Waals surface area contributed by atoms with Gasteiger partial charge in [0.05, 0.1) is 0 Å². The van der Waals surface area contributed by atoms with Crippen LogP contribution < -0.4 is 10.2 Å². The number of anilines is 1. The van der Waals surface area contributed by atoms with Crippen LogP contribution in [-0.2, 0) is 16.1 Å². The summed E-state index contributed by atoms with van der Waals surface area (Å²) in [6.07, 6.45) is 1.08. The minimum Gasteiger partial charge on any atom is -0.444 e. The maximum absolute atomic E-state index is 12.8. The maximum atomic E-state index is 12.8. The number of amides is 2. The molecule has 3 rings (SSSR count). The molecule has 7 nitrogen and oxygen atoms in total. The second-order valence-corrected chi connectivity index (χ2v) is 8.97. The van der Waals surface area contributed by atoms with Crippen molar-refractivity contribution >= 4 is 17.7 Å². The van der Waals surface area contributed by atoms with E-state index in [1.54, 1.807) is 4.90 Å². The highest BCUT2D eigenvalue weighted by molar-refractivity contribution is 5.86. The van der Waals surface area contributed by atoms with Gasteiger partial charge < -0.3 is 19.9 Å². The van der Waals surface area contributed by atoms with Crippen LogP contribution in [-0.4, -0.2) is 73.2 Å². The average molecular weight is 403 g/mol. The van der Waals surface area contributed by atoms with Crippen molar-refractivity contribution in [2.24, 2.45) is 0 Å². The van der Waals surface area contributed by atoms with Gasteiger partial charge in [-0.2, -0.15) is 0 Å². The van der Waals surface area contributed by atoms with E-state index >= 15 is 0 Å². The number of hydrogen-bond acceptors (Lipinski definition) is 5. The summed E-state index contributed by atoms with van der Waals surface area (Å²) >= 11 is 0. The number of para-hydroxylation sites is 1. The fraction of sp³-hybridized carbons (Fsp3) is 0.636. The molecule has 2 aliphatic heterocycles. The zero-order valence-corrected chi connectivity index (χ0v) is 18.1. The largest absolute Gasteiger partial charge is 0.444 e. The average Bonchev–Trinajstić information content (AvgIpc) is 3.16. The first-order chi connectivity index (χ1) is 13.7. The van der Waals surface area contributed by atoms with Crippen LogP contribution in [0.5, 0.6) is 0 Å². The number of rotatable bonds is 4. The van der Waals surface area contributed by atoms with E-state index in [1.807, 2.05) is 32.9 Å². The lowest BCUT2D eigenvalue weighted by Crippen LogP contribution is -2.47. The van der Waals surface area contributed by atoms with Crippen molar-refractivity contribution in [3.8, 4) is 0 Å². The lowest BCUT2D eigenvalue weighted by Gasteiger charge is -2.35. The summed E-state index contributed by atoms with van der Waals surface area (Å²) in [6.45, 7) is 10.6. The van der Waals surface area contributed by atoms with Gasteiger partial charge in [-0.05, 0) is 52.3 Å². The van der Waals surface area contributed by atoms with Crippen molar-refractivity contribution in [2.45, 2.75) is 51.8 Å². The van der Waals surface area contributed by atoms with Crippen molar-refractivity contribution < 1.29 is 14.3 Å². The molecule has 1 aromatic rings. The van der Waals surface area contributed by atoms with E-state index in [-0.39, 0.29) is 5.91 Å². The molecule has 0 aliphatic carbocycles. The van der Waals surface area contributed by atoms with E-state index in [1.165, 1.54) is 5.69 Å². The van der Waals surface area contributed by atoms with Crippen LogP contribution in [0.25, 0.3) is 0 Å². The Morgan fingerprint density at radius 2 is 1.79 bits per heavy atom. The molecule has 0 saturated carbocycles. The van der Waals surface area contributed by atoms with E-state index < -0.39 is 17.7 Å². The molecule has 2 amide bonds. The smallest absolute Gasteiger partial charge is 0.410 e. The molecular formula is C22H34N4O3. The first-order valence-corrected chi connectivity index (χ1v) is 10.5. The van der Waals surface area contributed by atoms with Crippen LogP contribution in [0.4, 0.5) is 10.5 Å². The summed E-state index contributed by atoms with van der Waals surface area (Å²) in [5, 5.41) is 3.05. The number of ether oxygens (including phenoxy) is 1. The highest BCUT2D eigenvalue weighted by Crippen LogP contribution is 2.23. The Labute approximate surface area is 174 Å². The van der Waals surface area contributed by atoms with Crippen molar-refractivity contribution in [1.82, 2.24) is 15.1 Å². The molecule has 1 aromatic carbocycles. The fourth-order valence-corrected chi connectivity index (χ4v) is 3.89. The van der Waals surface area contributed by atoms with E-state index in [0.29, 0.717) is 19.5 Å². The van der Waals surface area contributed by atoms with E-state index in [9.17, 15) is 9.59 Å². The third-order valence-corrected chi connectivity index (χ3v) is 5.47. The number of likely N-dealkylation sites (N-methyl/N-ethyl adjacent to an activating group) is 1. The molecule has 2 saturated heterocycles. The van der Waals surface area contributed by atoms with Crippen LogP contribution in [0.2, 0.25) is 0 Å². The molecule has 1 N–H and O–H groups in total. The standard InChI is InChI=1S/C22H34N4O3/c1-22(2,3)29-21(28)26-11-7-10-19(26)20(27)23-16-17-8-5-6-9-18(17)25-14-12-24(4)13-15-25/h5-6,8-9,19H,7,10-16H2,1-4H3,(H,23,27). The first kappa shape index (κ1) is 21.4. The maximum Gasteiger partial charge on any atom is 0.410 e. The second-order valence-electron chi connectivity index (χ2n) is 8.97. The van der Waals surface area contributed by atoms with Crippen molar-refractivity contribution in [1.29, 1.82) is 0 Å². The van der Waals surface area contributed by atoms with Gasteiger partial charge in [-0.15, -0.1) is 0 Å². The lowest BCUT2D eigenvalue weighted by atomic mass is 10.1. The summed E-state index contributed by atoms with van der Waals surface area (Å²) in [5.41, 5.74) is 1.71. The van der Waals surface area contributed by atoms with Crippen molar-refractivity contribution in [2.75, 3.05) is 44.7 Å². The Kier molecular flexibility index (Phi) is 6.67. The predicted molar refractivity (Wildman–Crippen MR) is 114 cm³/mol. The topological polar surface area (TPSA) is 65.1 Å². The number of hydrogen-bond donors (Lipinski definition) is 1. The summed E-state index contributed by atoms with van der Waals surface area (Å²) in [6, 6.07) is 7.77. The number of carbonyl (C=O) groups is 2. The Hall–Kier alpha value is -2.28. The minimum absolute atomic E-state index is 0.110. The summed E-state index contributed by atoms with van der Waals surface area (Å²) in [5.74, 6) is -0.110. The summed E-state index contributed by atoms with van der Waals surface area (Å²) in [4.78, 5) is 31.6. The Morgan fingerprint density at radius 1 is 1.10 bits per heavy atom. The van der Waals surface area contributed by atoms with E-state index in [0.717, 1.165) is 38.2 Å². The number of nitrogens with zero attached hydrogens (tertiary/aromatic N) is 3. The van der Waals surface area contributed by atoms with Gasteiger partial charge in [0.1, 0.15) is 11.6 Å². The molecule has 160 valence electrons. The van der Waals surface area contributed by atoms with Gasteiger partial charge in [0.2, 0.25) is 5.91 Å². The molecule has 7 heteroatoms. The zero-order valence-electron chi connectivity index (χ0n) is 18.1. The summed E-state index contributed by atoms with van der Waals surface area (Å²) in [7, 11) is 2.14. The van der Waals surface area contributed by atoms with E-state index in [2.05, 4.69) is 34.3 Å². The van der Waals surface area contributed by atoms with Crippen LogP contribution in [0.3, 0.4) is 0 Å². The third kappa shape index (κ3) is 5.63. The molecule has 0 aromatic heterocycles. The fourth-order valence-electron chi connectivity index (χ4n) is 3.89. The van der Waals surface area contributed by atoms with Gasteiger partial charge in [0, 0.05) is 45.0 Å². The van der Waals surface area contributed by atoms with Gasteiger partial charge >= 0.3 is 6.09 Å². The molecule has 2 fully saturated rings. The number of likely N-dealkylation sites (tertiary alicyclic amines) is 1. The predicted octanol–water partition coefficient (Wildman–Crippen LogP) is 2.45. The van der Waals surface area contributed by atoms with Gasteiger partial charge in [-0.1, -0.05) is 18.2 Å². The molecule has 29 heavy (non-hydrogen) atoms. The number of carbonyl (C=O) groups excluding carboxylic acids is 2.